The summed E-state index contributed by atoms with van der Waals surface area (Å²) < 4.78 is 15.2. The standard InChI is InChI=1S/C21H21N3O8/c1-30-15-5-3-4-14(9-15)23-11-13(8-20(23)26)21(27)32-12-19(25)22-17-10-16(31-2)6-7-18(17)24(28)29/h3-7,9-10,13H,8,11-12H2,1-2H3,(H,22,25)/t13-/m0/s1. The predicted molar refractivity (Wildman–Crippen MR) is 113 cm³/mol. The topological polar surface area (TPSA) is 137 Å². The van der Waals surface area contributed by atoms with E-state index in [0.29, 0.717) is 17.2 Å². The van der Waals surface area contributed by atoms with Crippen LogP contribution in [0.5, 0.6) is 11.5 Å². The van der Waals surface area contributed by atoms with Gasteiger partial charge in [0.1, 0.15) is 17.2 Å². The molecule has 1 saturated heterocycles. The van der Waals surface area contributed by atoms with Crippen LogP contribution in [-0.2, 0) is 19.1 Å². The zero-order chi connectivity index (χ0) is 23.3. The van der Waals surface area contributed by atoms with Gasteiger partial charge in [-0.15, -0.1) is 0 Å². The van der Waals surface area contributed by atoms with Gasteiger partial charge in [-0.3, -0.25) is 24.5 Å². The number of ether oxygens (including phenoxy) is 3. The smallest absolute Gasteiger partial charge is 0.311 e. The number of hydrogen-bond donors (Lipinski definition) is 1. The first-order chi connectivity index (χ1) is 15.3. The molecular formula is C21H21N3O8. The lowest BCUT2D eigenvalue weighted by Gasteiger charge is -2.17. The Hall–Kier alpha value is -4.15. The molecule has 2 aromatic carbocycles. The molecule has 0 aliphatic carbocycles. The fourth-order valence-corrected chi connectivity index (χ4v) is 3.24. The fourth-order valence-electron chi connectivity index (χ4n) is 3.24. The number of nitro groups is 1. The van der Waals surface area contributed by atoms with Crippen molar-refractivity contribution in [2.45, 2.75) is 6.42 Å². The van der Waals surface area contributed by atoms with E-state index in [1.807, 2.05) is 0 Å². The van der Waals surface area contributed by atoms with Gasteiger partial charge in [0.05, 0.1) is 25.1 Å². The zero-order valence-electron chi connectivity index (χ0n) is 17.4. The lowest BCUT2D eigenvalue weighted by molar-refractivity contribution is -0.383. The molecule has 1 heterocycles. The molecule has 1 aliphatic heterocycles. The average Bonchev–Trinajstić information content (AvgIpc) is 3.18. The number of amides is 2. The average molecular weight is 443 g/mol. The van der Waals surface area contributed by atoms with Crippen molar-refractivity contribution in [3.05, 3.63) is 52.6 Å². The van der Waals surface area contributed by atoms with E-state index < -0.39 is 29.3 Å². The highest BCUT2D eigenvalue weighted by molar-refractivity contribution is 6.00. The Balaban J connectivity index is 1.58. The van der Waals surface area contributed by atoms with E-state index in [1.165, 1.54) is 37.3 Å². The molecule has 0 spiro atoms. The van der Waals surface area contributed by atoms with E-state index in [4.69, 9.17) is 14.2 Å². The number of rotatable bonds is 8. The Morgan fingerprint density at radius 3 is 2.56 bits per heavy atom. The maximum atomic E-state index is 12.4. The molecule has 1 fully saturated rings. The summed E-state index contributed by atoms with van der Waals surface area (Å²) in [5.41, 5.74) is 0.171. The van der Waals surface area contributed by atoms with Gasteiger partial charge in [0, 0.05) is 36.9 Å². The molecule has 0 bridgehead atoms. The first-order valence-corrected chi connectivity index (χ1v) is 9.55. The Kier molecular flexibility index (Phi) is 6.88. The molecule has 11 heteroatoms. The van der Waals surface area contributed by atoms with Crippen LogP contribution in [0.25, 0.3) is 0 Å². The summed E-state index contributed by atoms with van der Waals surface area (Å²) in [6.07, 6.45) is -0.0565. The summed E-state index contributed by atoms with van der Waals surface area (Å²) in [5, 5.41) is 13.5. The number of carbonyl (C=O) groups excluding carboxylic acids is 3. The molecule has 1 atom stereocenters. The minimum Gasteiger partial charge on any atom is -0.497 e. The maximum Gasteiger partial charge on any atom is 0.311 e. The number of esters is 1. The third-order valence-electron chi connectivity index (χ3n) is 4.84. The normalized spacial score (nSPS) is 15.2. The van der Waals surface area contributed by atoms with E-state index in [9.17, 15) is 24.5 Å². The van der Waals surface area contributed by atoms with Gasteiger partial charge in [0.15, 0.2) is 6.61 Å². The molecule has 2 aromatic rings. The highest BCUT2D eigenvalue weighted by Gasteiger charge is 2.36. The monoisotopic (exact) mass is 443 g/mol. The van der Waals surface area contributed by atoms with Crippen molar-refractivity contribution in [3.8, 4) is 11.5 Å². The van der Waals surface area contributed by atoms with E-state index in [-0.39, 0.29) is 30.2 Å². The van der Waals surface area contributed by atoms with Crippen molar-refractivity contribution in [1.82, 2.24) is 0 Å². The molecule has 0 aromatic heterocycles. The van der Waals surface area contributed by atoms with Crippen molar-refractivity contribution < 1.29 is 33.5 Å². The second kappa shape index (κ2) is 9.77. The first-order valence-electron chi connectivity index (χ1n) is 9.55. The fraction of sp³-hybridized carbons (Fsp3) is 0.286. The molecule has 1 aliphatic rings. The molecule has 2 amide bonds. The molecule has 0 radical (unpaired) electrons. The second-order valence-electron chi connectivity index (χ2n) is 6.90. The summed E-state index contributed by atoms with van der Waals surface area (Å²) in [5.74, 6) is -1.58. The molecule has 32 heavy (non-hydrogen) atoms. The minimum absolute atomic E-state index is 0.0565. The SMILES string of the molecule is COc1cccc(N2C[C@@H](C(=O)OCC(=O)Nc3cc(OC)ccc3[N+](=O)[O-])CC2=O)c1. The quantitative estimate of drug-likeness (QED) is 0.372. The number of nitro benzene ring substituents is 1. The Morgan fingerprint density at radius 2 is 1.88 bits per heavy atom. The number of hydrogen-bond acceptors (Lipinski definition) is 8. The zero-order valence-corrected chi connectivity index (χ0v) is 17.4. The van der Waals surface area contributed by atoms with Crippen LogP contribution in [-0.4, -0.2) is 50.1 Å². The van der Waals surface area contributed by atoms with Gasteiger partial charge in [-0.1, -0.05) is 6.07 Å². The molecular weight excluding hydrogens is 422 g/mol. The highest BCUT2D eigenvalue weighted by Crippen LogP contribution is 2.30. The van der Waals surface area contributed by atoms with Gasteiger partial charge in [0.25, 0.3) is 11.6 Å². The van der Waals surface area contributed by atoms with Crippen LogP contribution in [0.3, 0.4) is 0 Å². The van der Waals surface area contributed by atoms with Gasteiger partial charge in [0.2, 0.25) is 5.91 Å². The van der Waals surface area contributed by atoms with Gasteiger partial charge >= 0.3 is 5.97 Å². The van der Waals surface area contributed by atoms with Gasteiger partial charge < -0.3 is 24.4 Å². The Labute approximate surface area is 183 Å². The van der Waals surface area contributed by atoms with Crippen molar-refractivity contribution in [1.29, 1.82) is 0 Å². The van der Waals surface area contributed by atoms with E-state index in [0.717, 1.165) is 0 Å². The van der Waals surface area contributed by atoms with Gasteiger partial charge in [-0.2, -0.15) is 0 Å². The molecule has 0 unspecified atom stereocenters. The Morgan fingerprint density at radius 1 is 1.16 bits per heavy atom. The van der Waals surface area contributed by atoms with Gasteiger partial charge in [-0.25, -0.2) is 0 Å². The highest BCUT2D eigenvalue weighted by atomic mass is 16.6. The van der Waals surface area contributed by atoms with Crippen LogP contribution >= 0.6 is 0 Å². The number of nitrogens with one attached hydrogen (secondary N) is 1. The van der Waals surface area contributed by atoms with Crippen LogP contribution < -0.4 is 19.7 Å². The van der Waals surface area contributed by atoms with Crippen LogP contribution in [0.15, 0.2) is 42.5 Å². The van der Waals surface area contributed by atoms with Crippen molar-refractivity contribution >= 4 is 34.8 Å². The van der Waals surface area contributed by atoms with Crippen molar-refractivity contribution in [3.63, 3.8) is 0 Å². The Bertz CT molecular complexity index is 1060. The molecule has 0 saturated carbocycles. The largest absolute Gasteiger partial charge is 0.497 e. The van der Waals surface area contributed by atoms with Crippen LogP contribution in [0, 0.1) is 16.0 Å². The molecule has 3 rings (SSSR count). The molecule has 11 nitrogen and oxygen atoms in total. The maximum absolute atomic E-state index is 12.4. The third kappa shape index (κ3) is 5.12. The van der Waals surface area contributed by atoms with Crippen LogP contribution in [0.2, 0.25) is 0 Å². The van der Waals surface area contributed by atoms with E-state index >= 15 is 0 Å². The predicted octanol–water partition coefficient (Wildman–Crippen LogP) is 2.15. The minimum atomic E-state index is -0.760. The number of carbonyl (C=O) groups is 3. The van der Waals surface area contributed by atoms with E-state index in [2.05, 4.69) is 5.32 Å². The summed E-state index contributed by atoms with van der Waals surface area (Å²) in [6.45, 7) is -0.551. The number of anilines is 2. The lowest BCUT2D eigenvalue weighted by Crippen LogP contribution is -2.28. The van der Waals surface area contributed by atoms with Crippen molar-refractivity contribution in [2.75, 3.05) is 37.6 Å². The number of nitrogens with zero attached hydrogens (tertiary/aromatic N) is 2. The van der Waals surface area contributed by atoms with E-state index in [1.54, 1.807) is 24.3 Å². The van der Waals surface area contributed by atoms with Crippen LogP contribution in [0.1, 0.15) is 6.42 Å². The van der Waals surface area contributed by atoms with Gasteiger partial charge in [-0.05, 0) is 18.2 Å². The molecule has 168 valence electrons. The summed E-state index contributed by atoms with van der Waals surface area (Å²) in [6, 6.07) is 10.7. The summed E-state index contributed by atoms with van der Waals surface area (Å²) in [7, 11) is 2.89. The number of benzene rings is 2. The lowest BCUT2D eigenvalue weighted by atomic mass is 10.1. The van der Waals surface area contributed by atoms with Crippen LogP contribution in [0.4, 0.5) is 17.1 Å². The first kappa shape index (κ1) is 22.5. The third-order valence-corrected chi connectivity index (χ3v) is 4.84. The second-order valence-corrected chi connectivity index (χ2v) is 6.90. The van der Waals surface area contributed by atoms with Crippen molar-refractivity contribution in [2.24, 2.45) is 5.92 Å². The summed E-state index contributed by atoms with van der Waals surface area (Å²) >= 11 is 0. The molecule has 1 N–H and O–H groups in total. The summed E-state index contributed by atoms with van der Waals surface area (Å²) in [4.78, 5) is 48.9. The number of methoxy groups -OCH3 is 2.